The summed E-state index contributed by atoms with van der Waals surface area (Å²) in [5, 5.41) is 0. The highest BCUT2D eigenvalue weighted by Gasteiger charge is 2.33. The van der Waals surface area contributed by atoms with Gasteiger partial charge in [-0.25, -0.2) is 4.98 Å². The molecule has 1 fully saturated rings. The molecule has 1 heterocycles. The first-order valence-corrected chi connectivity index (χ1v) is 6.42. The van der Waals surface area contributed by atoms with Gasteiger partial charge < -0.3 is 10.3 Å². The van der Waals surface area contributed by atoms with Gasteiger partial charge in [-0.15, -0.1) is 0 Å². The number of imidazole rings is 1. The fourth-order valence-corrected chi connectivity index (χ4v) is 3.14. The minimum atomic E-state index is 0.0791. The van der Waals surface area contributed by atoms with Gasteiger partial charge in [0.1, 0.15) is 0 Å². The Hall–Kier alpha value is -0.830. The predicted octanol–water partition coefficient (Wildman–Crippen LogP) is 2.90. The summed E-state index contributed by atoms with van der Waals surface area (Å²) >= 11 is 0. The van der Waals surface area contributed by atoms with E-state index in [2.05, 4.69) is 23.4 Å². The SMILES string of the molecule is CCC1CCC(n2cncc2[C@@H](C)N)C1C. The van der Waals surface area contributed by atoms with Crippen molar-refractivity contribution in [3.8, 4) is 0 Å². The molecule has 0 saturated heterocycles. The van der Waals surface area contributed by atoms with Crippen molar-refractivity contribution in [2.75, 3.05) is 0 Å². The summed E-state index contributed by atoms with van der Waals surface area (Å²) in [5.74, 6) is 1.62. The second-order valence-electron chi connectivity index (χ2n) is 5.19. The lowest BCUT2D eigenvalue weighted by atomic mass is 9.93. The van der Waals surface area contributed by atoms with Crippen LogP contribution in [0.3, 0.4) is 0 Å². The van der Waals surface area contributed by atoms with Crippen LogP contribution in [0, 0.1) is 11.8 Å². The molecule has 0 aromatic carbocycles. The fourth-order valence-electron chi connectivity index (χ4n) is 3.14. The Bertz CT molecular complexity index is 343. The quantitative estimate of drug-likeness (QED) is 0.853. The van der Waals surface area contributed by atoms with Crippen LogP contribution < -0.4 is 5.73 Å². The summed E-state index contributed by atoms with van der Waals surface area (Å²) in [6.07, 6.45) is 7.78. The molecule has 1 saturated carbocycles. The summed E-state index contributed by atoms with van der Waals surface area (Å²) in [6.45, 7) is 6.70. The van der Waals surface area contributed by atoms with E-state index in [9.17, 15) is 0 Å². The molecule has 2 N–H and O–H groups in total. The standard InChI is InChI=1S/C13H23N3/c1-4-11-5-6-12(9(11)2)16-8-15-7-13(16)10(3)14/h7-12H,4-6,14H2,1-3H3/t9?,10-,11?,12?/m1/s1. The third-order valence-corrected chi connectivity index (χ3v) is 4.23. The van der Waals surface area contributed by atoms with Gasteiger partial charge in [-0.3, -0.25) is 0 Å². The molecule has 0 aliphatic heterocycles. The van der Waals surface area contributed by atoms with Gasteiger partial charge in [-0.05, 0) is 31.6 Å². The lowest BCUT2D eigenvalue weighted by Crippen LogP contribution is -2.20. The first-order chi connectivity index (χ1) is 7.65. The molecule has 0 spiro atoms. The third kappa shape index (κ3) is 1.88. The molecule has 1 aliphatic rings. The molecule has 1 aromatic heterocycles. The Morgan fingerprint density at radius 3 is 2.88 bits per heavy atom. The minimum Gasteiger partial charge on any atom is -0.330 e. The highest BCUT2D eigenvalue weighted by Crippen LogP contribution is 2.42. The lowest BCUT2D eigenvalue weighted by molar-refractivity contribution is 0.322. The van der Waals surface area contributed by atoms with Crippen LogP contribution in [0.4, 0.5) is 0 Å². The van der Waals surface area contributed by atoms with E-state index in [1.165, 1.54) is 25.0 Å². The number of nitrogens with zero attached hydrogens (tertiary/aromatic N) is 2. The molecule has 3 unspecified atom stereocenters. The zero-order chi connectivity index (χ0) is 11.7. The van der Waals surface area contributed by atoms with Crippen molar-refractivity contribution < 1.29 is 0 Å². The number of rotatable bonds is 3. The normalized spacial score (nSPS) is 31.9. The maximum atomic E-state index is 5.98. The summed E-state index contributed by atoms with van der Waals surface area (Å²) in [5.41, 5.74) is 7.15. The van der Waals surface area contributed by atoms with Crippen LogP contribution >= 0.6 is 0 Å². The van der Waals surface area contributed by atoms with E-state index in [1.807, 2.05) is 19.4 Å². The maximum Gasteiger partial charge on any atom is 0.0951 e. The van der Waals surface area contributed by atoms with Gasteiger partial charge >= 0.3 is 0 Å². The lowest BCUT2D eigenvalue weighted by Gasteiger charge is -2.24. The van der Waals surface area contributed by atoms with E-state index in [0.717, 1.165) is 11.8 Å². The average Bonchev–Trinajstić information content (AvgIpc) is 2.83. The smallest absolute Gasteiger partial charge is 0.0951 e. The monoisotopic (exact) mass is 221 g/mol. The molecule has 90 valence electrons. The second kappa shape index (κ2) is 4.58. The highest BCUT2D eigenvalue weighted by atomic mass is 15.1. The molecular weight excluding hydrogens is 198 g/mol. The van der Waals surface area contributed by atoms with Crippen LogP contribution in [0.25, 0.3) is 0 Å². The van der Waals surface area contributed by atoms with Crippen LogP contribution in [0.1, 0.15) is 57.8 Å². The molecule has 3 nitrogen and oxygen atoms in total. The Labute approximate surface area is 98.1 Å². The summed E-state index contributed by atoms with van der Waals surface area (Å²) in [6, 6.07) is 0.684. The average molecular weight is 221 g/mol. The van der Waals surface area contributed by atoms with E-state index in [-0.39, 0.29) is 6.04 Å². The molecule has 0 bridgehead atoms. The summed E-state index contributed by atoms with van der Waals surface area (Å²) in [7, 11) is 0. The van der Waals surface area contributed by atoms with Gasteiger partial charge in [0.25, 0.3) is 0 Å². The Morgan fingerprint density at radius 2 is 2.31 bits per heavy atom. The zero-order valence-electron chi connectivity index (χ0n) is 10.6. The van der Waals surface area contributed by atoms with Gasteiger partial charge in [-0.1, -0.05) is 20.3 Å². The van der Waals surface area contributed by atoms with Crippen molar-refractivity contribution in [3.05, 3.63) is 18.2 Å². The topological polar surface area (TPSA) is 43.8 Å². The van der Waals surface area contributed by atoms with Crippen LogP contribution in [-0.4, -0.2) is 9.55 Å². The summed E-state index contributed by atoms with van der Waals surface area (Å²) in [4.78, 5) is 4.26. The zero-order valence-corrected chi connectivity index (χ0v) is 10.6. The van der Waals surface area contributed by atoms with Crippen molar-refractivity contribution >= 4 is 0 Å². The third-order valence-electron chi connectivity index (χ3n) is 4.23. The summed E-state index contributed by atoms with van der Waals surface area (Å²) < 4.78 is 2.31. The molecule has 3 heteroatoms. The van der Waals surface area contributed by atoms with Gasteiger partial charge in [0.2, 0.25) is 0 Å². The van der Waals surface area contributed by atoms with Crippen LogP contribution in [0.15, 0.2) is 12.5 Å². The van der Waals surface area contributed by atoms with Gasteiger partial charge in [0.05, 0.1) is 12.0 Å². The molecule has 0 radical (unpaired) electrons. The van der Waals surface area contributed by atoms with Crippen molar-refractivity contribution in [2.45, 2.75) is 52.1 Å². The fraction of sp³-hybridized carbons (Fsp3) is 0.769. The van der Waals surface area contributed by atoms with Crippen LogP contribution in [0.5, 0.6) is 0 Å². The largest absolute Gasteiger partial charge is 0.330 e. The Balaban J connectivity index is 2.22. The van der Waals surface area contributed by atoms with Crippen molar-refractivity contribution in [2.24, 2.45) is 17.6 Å². The molecule has 4 atom stereocenters. The molecule has 0 amide bonds. The maximum absolute atomic E-state index is 5.98. The first kappa shape index (κ1) is 11.6. The van der Waals surface area contributed by atoms with Gasteiger partial charge in [-0.2, -0.15) is 0 Å². The van der Waals surface area contributed by atoms with Crippen molar-refractivity contribution in [1.82, 2.24) is 9.55 Å². The Kier molecular flexibility index (Phi) is 3.33. The van der Waals surface area contributed by atoms with E-state index >= 15 is 0 Å². The Morgan fingerprint density at radius 1 is 1.56 bits per heavy atom. The number of nitrogens with two attached hydrogens (primary N) is 1. The number of hydrogen-bond donors (Lipinski definition) is 1. The molecule has 2 rings (SSSR count). The second-order valence-corrected chi connectivity index (χ2v) is 5.19. The minimum absolute atomic E-state index is 0.0791. The van der Waals surface area contributed by atoms with Gasteiger partial charge in [0.15, 0.2) is 0 Å². The molecule has 1 aromatic rings. The highest BCUT2D eigenvalue weighted by molar-refractivity contribution is 5.06. The van der Waals surface area contributed by atoms with E-state index < -0.39 is 0 Å². The van der Waals surface area contributed by atoms with E-state index in [1.54, 1.807) is 0 Å². The molecular formula is C13H23N3. The van der Waals surface area contributed by atoms with Crippen molar-refractivity contribution in [3.63, 3.8) is 0 Å². The van der Waals surface area contributed by atoms with Gasteiger partial charge in [0, 0.05) is 18.3 Å². The van der Waals surface area contributed by atoms with Crippen LogP contribution in [-0.2, 0) is 0 Å². The number of hydrogen-bond acceptors (Lipinski definition) is 2. The van der Waals surface area contributed by atoms with E-state index in [4.69, 9.17) is 5.73 Å². The first-order valence-electron chi connectivity index (χ1n) is 6.42. The molecule has 1 aliphatic carbocycles. The van der Waals surface area contributed by atoms with Crippen LogP contribution in [0.2, 0.25) is 0 Å². The van der Waals surface area contributed by atoms with E-state index in [0.29, 0.717) is 6.04 Å². The molecule has 16 heavy (non-hydrogen) atoms. The van der Waals surface area contributed by atoms with Crippen molar-refractivity contribution in [1.29, 1.82) is 0 Å². The predicted molar refractivity (Wildman–Crippen MR) is 66.0 cm³/mol. The number of aromatic nitrogens is 2.